The Labute approximate surface area is 146 Å². The fourth-order valence-electron chi connectivity index (χ4n) is 4.49. The van der Waals surface area contributed by atoms with Crippen LogP contribution >= 0.6 is 0 Å². The van der Waals surface area contributed by atoms with Gasteiger partial charge in [-0.1, -0.05) is 13.8 Å². The monoisotopic (exact) mass is 332 g/mol. The standard InChI is InChI=1S/C20H32N2O2/c1-14(2)12-21-8-5-17(6-9-21)18-7-10-22(13-18)20(23)19-11-15(3)24-16(19)4/h11,14,17-18H,5-10,12-13H2,1-4H3/t18-/m1/s1. The topological polar surface area (TPSA) is 36.7 Å². The van der Waals surface area contributed by atoms with Crippen LogP contribution in [0.4, 0.5) is 0 Å². The molecule has 0 N–H and O–H groups in total. The first kappa shape index (κ1) is 17.5. The summed E-state index contributed by atoms with van der Waals surface area (Å²) >= 11 is 0. The minimum Gasteiger partial charge on any atom is -0.466 e. The van der Waals surface area contributed by atoms with E-state index in [9.17, 15) is 4.79 Å². The molecule has 2 saturated heterocycles. The van der Waals surface area contributed by atoms with Crippen molar-refractivity contribution in [2.24, 2.45) is 17.8 Å². The summed E-state index contributed by atoms with van der Waals surface area (Å²) in [7, 11) is 0. The van der Waals surface area contributed by atoms with E-state index in [-0.39, 0.29) is 5.91 Å². The first-order valence-electron chi connectivity index (χ1n) is 9.52. The van der Waals surface area contributed by atoms with Crippen LogP contribution in [0.3, 0.4) is 0 Å². The van der Waals surface area contributed by atoms with Crippen LogP contribution in [-0.4, -0.2) is 48.4 Å². The van der Waals surface area contributed by atoms with Gasteiger partial charge in [-0.2, -0.15) is 0 Å². The van der Waals surface area contributed by atoms with E-state index >= 15 is 0 Å². The molecular formula is C20H32N2O2. The highest BCUT2D eigenvalue weighted by molar-refractivity contribution is 5.95. The van der Waals surface area contributed by atoms with Crippen molar-refractivity contribution in [1.29, 1.82) is 0 Å². The van der Waals surface area contributed by atoms with Crippen LogP contribution in [0, 0.1) is 31.6 Å². The Balaban J connectivity index is 1.53. The molecule has 4 nitrogen and oxygen atoms in total. The van der Waals surface area contributed by atoms with Crippen LogP contribution in [-0.2, 0) is 0 Å². The Bertz CT molecular complexity index is 570. The van der Waals surface area contributed by atoms with Gasteiger partial charge in [0.05, 0.1) is 5.56 Å². The smallest absolute Gasteiger partial charge is 0.257 e. The maximum atomic E-state index is 12.7. The van der Waals surface area contributed by atoms with E-state index < -0.39 is 0 Å². The number of aryl methyl sites for hydroxylation is 2. The molecule has 4 heteroatoms. The fraction of sp³-hybridized carbons (Fsp3) is 0.750. The molecule has 0 bridgehead atoms. The van der Waals surface area contributed by atoms with Crippen molar-refractivity contribution in [2.75, 3.05) is 32.7 Å². The van der Waals surface area contributed by atoms with Gasteiger partial charge in [0.15, 0.2) is 0 Å². The van der Waals surface area contributed by atoms with E-state index in [4.69, 9.17) is 4.42 Å². The van der Waals surface area contributed by atoms with Crippen molar-refractivity contribution >= 4 is 5.91 Å². The molecule has 0 aromatic carbocycles. The molecule has 0 aliphatic carbocycles. The first-order valence-corrected chi connectivity index (χ1v) is 9.52. The van der Waals surface area contributed by atoms with E-state index in [1.54, 1.807) is 0 Å². The molecule has 3 heterocycles. The molecule has 1 aromatic rings. The van der Waals surface area contributed by atoms with Crippen molar-refractivity contribution in [2.45, 2.75) is 47.0 Å². The minimum atomic E-state index is 0.157. The average molecular weight is 332 g/mol. The number of amides is 1. The van der Waals surface area contributed by atoms with Crippen LogP contribution in [0.25, 0.3) is 0 Å². The number of nitrogens with zero attached hydrogens (tertiary/aromatic N) is 2. The van der Waals surface area contributed by atoms with Gasteiger partial charge < -0.3 is 14.2 Å². The number of hydrogen-bond acceptors (Lipinski definition) is 3. The van der Waals surface area contributed by atoms with Gasteiger partial charge in [-0.15, -0.1) is 0 Å². The molecule has 3 rings (SSSR count). The summed E-state index contributed by atoms with van der Waals surface area (Å²) < 4.78 is 5.53. The molecule has 0 saturated carbocycles. The second-order valence-corrected chi connectivity index (χ2v) is 8.16. The number of carbonyl (C=O) groups excluding carboxylic acids is 1. The van der Waals surface area contributed by atoms with E-state index in [1.807, 2.05) is 24.8 Å². The van der Waals surface area contributed by atoms with Crippen LogP contribution in [0.2, 0.25) is 0 Å². The van der Waals surface area contributed by atoms with Gasteiger partial charge in [0.25, 0.3) is 5.91 Å². The quantitative estimate of drug-likeness (QED) is 0.843. The summed E-state index contributed by atoms with van der Waals surface area (Å²) in [6.45, 7) is 13.9. The van der Waals surface area contributed by atoms with Gasteiger partial charge in [0.2, 0.25) is 0 Å². The molecule has 0 radical (unpaired) electrons. The minimum absolute atomic E-state index is 0.157. The number of furan rings is 1. The zero-order chi connectivity index (χ0) is 17.3. The second kappa shape index (κ2) is 7.30. The molecule has 24 heavy (non-hydrogen) atoms. The molecule has 0 unspecified atom stereocenters. The lowest BCUT2D eigenvalue weighted by atomic mass is 9.83. The maximum absolute atomic E-state index is 12.7. The summed E-state index contributed by atoms with van der Waals surface area (Å²) in [6, 6.07) is 1.88. The molecule has 134 valence electrons. The van der Waals surface area contributed by atoms with Crippen molar-refractivity contribution in [3.63, 3.8) is 0 Å². The van der Waals surface area contributed by atoms with Gasteiger partial charge in [-0.25, -0.2) is 0 Å². The van der Waals surface area contributed by atoms with Crippen LogP contribution in [0.5, 0.6) is 0 Å². The van der Waals surface area contributed by atoms with Crippen molar-refractivity contribution in [3.05, 3.63) is 23.2 Å². The molecule has 0 spiro atoms. The molecule has 1 atom stereocenters. The zero-order valence-corrected chi connectivity index (χ0v) is 15.7. The fourth-order valence-corrected chi connectivity index (χ4v) is 4.49. The normalized spacial score (nSPS) is 23.4. The first-order chi connectivity index (χ1) is 11.4. The third kappa shape index (κ3) is 3.85. The predicted octanol–water partition coefficient (Wildman–Crippen LogP) is 3.73. The number of hydrogen-bond donors (Lipinski definition) is 0. The van der Waals surface area contributed by atoms with Crippen molar-refractivity contribution in [1.82, 2.24) is 9.80 Å². The van der Waals surface area contributed by atoms with Gasteiger partial charge in [-0.3, -0.25) is 4.79 Å². The lowest BCUT2D eigenvalue weighted by Crippen LogP contribution is -2.39. The van der Waals surface area contributed by atoms with Gasteiger partial charge >= 0.3 is 0 Å². The summed E-state index contributed by atoms with van der Waals surface area (Å²) in [5.41, 5.74) is 0.750. The zero-order valence-electron chi connectivity index (χ0n) is 15.7. The van der Waals surface area contributed by atoms with E-state index in [2.05, 4.69) is 18.7 Å². The number of carbonyl (C=O) groups is 1. The van der Waals surface area contributed by atoms with Gasteiger partial charge in [0, 0.05) is 19.6 Å². The van der Waals surface area contributed by atoms with E-state index in [0.29, 0.717) is 5.92 Å². The Morgan fingerprint density at radius 2 is 1.83 bits per heavy atom. The third-order valence-corrected chi connectivity index (χ3v) is 5.71. The molecule has 2 aliphatic heterocycles. The number of likely N-dealkylation sites (tertiary alicyclic amines) is 2. The third-order valence-electron chi connectivity index (χ3n) is 5.71. The van der Waals surface area contributed by atoms with E-state index in [1.165, 1.54) is 32.5 Å². The number of rotatable bonds is 4. The molecule has 1 aromatic heterocycles. The van der Waals surface area contributed by atoms with E-state index in [0.717, 1.165) is 48.4 Å². The Morgan fingerprint density at radius 1 is 1.17 bits per heavy atom. The summed E-state index contributed by atoms with van der Waals surface area (Å²) in [5, 5.41) is 0. The Hall–Kier alpha value is -1.29. The summed E-state index contributed by atoms with van der Waals surface area (Å²) in [4.78, 5) is 17.4. The van der Waals surface area contributed by atoms with Crippen molar-refractivity contribution < 1.29 is 9.21 Å². The Morgan fingerprint density at radius 3 is 2.42 bits per heavy atom. The van der Waals surface area contributed by atoms with Gasteiger partial charge in [-0.05, 0) is 70.0 Å². The summed E-state index contributed by atoms with van der Waals surface area (Å²) in [6.07, 6.45) is 3.75. The van der Waals surface area contributed by atoms with Crippen LogP contribution in [0.1, 0.15) is 55.0 Å². The molecule has 2 aliphatic rings. The van der Waals surface area contributed by atoms with Crippen LogP contribution < -0.4 is 0 Å². The SMILES string of the molecule is Cc1cc(C(=O)N2CC[C@@H](C3CCN(CC(C)C)CC3)C2)c(C)o1. The summed E-state index contributed by atoms with van der Waals surface area (Å²) in [5.74, 6) is 3.96. The van der Waals surface area contributed by atoms with Crippen molar-refractivity contribution in [3.8, 4) is 0 Å². The maximum Gasteiger partial charge on any atom is 0.257 e. The van der Waals surface area contributed by atoms with Gasteiger partial charge in [0.1, 0.15) is 11.5 Å². The lowest BCUT2D eigenvalue weighted by Gasteiger charge is -2.35. The molecule has 1 amide bonds. The highest BCUT2D eigenvalue weighted by atomic mass is 16.3. The van der Waals surface area contributed by atoms with Crippen LogP contribution in [0.15, 0.2) is 10.5 Å². The number of piperidine rings is 1. The average Bonchev–Trinajstić information content (AvgIpc) is 3.13. The second-order valence-electron chi connectivity index (χ2n) is 8.16. The predicted molar refractivity (Wildman–Crippen MR) is 96.2 cm³/mol. The lowest BCUT2D eigenvalue weighted by molar-refractivity contribution is 0.0770. The molecular weight excluding hydrogens is 300 g/mol. The largest absolute Gasteiger partial charge is 0.466 e. The highest BCUT2D eigenvalue weighted by Crippen LogP contribution is 2.33. The highest BCUT2D eigenvalue weighted by Gasteiger charge is 2.34. The molecule has 2 fully saturated rings. The Kier molecular flexibility index (Phi) is 5.33.